The molecule has 5 rings (SSSR count). The van der Waals surface area contributed by atoms with Crippen LogP contribution >= 0.6 is 34.8 Å². The number of imidazole rings is 1. The maximum absolute atomic E-state index is 13.4. The van der Waals surface area contributed by atoms with Crippen LogP contribution in [0, 0.1) is 0 Å². The first kappa shape index (κ1) is 20.2. The van der Waals surface area contributed by atoms with Crippen molar-refractivity contribution in [2.75, 3.05) is 11.4 Å². The van der Waals surface area contributed by atoms with Crippen molar-refractivity contribution in [3.8, 4) is 0 Å². The van der Waals surface area contributed by atoms with Gasteiger partial charge in [0.1, 0.15) is 0 Å². The Balaban J connectivity index is 1.69. The molecule has 0 spiro atoms. The van der Waals surface area contributed by atoms with E-state index in [1.54, 1.807) is 37.4 Å². The van der Waals surface area contributed by atoms with Crippen LogP contribution in [0.4, 0.5) is 11.6 Å². The summed E-state index contributed by atoms with van der Waals surface area (Å²) in [6, 6.07) is 12.5. The van der Waals surface area contributed by atoms with E-state index in [1.807, 2.05) is 21.6 Å². The summed E-state index contributed by atoms with van der Waals surface area (Å²) in [6.07, 6.45) is 0. The van der Waals surface area contributed by atoms with Crippen LogP contribution in [0.2, 0.25) is 15.1 Å². The van der Waals surface area contributed by atoms with Crippen molar-refractivity contribution in [3.63, 3.8) is 0 Å². The standard InChI is InChI=1S/C21H16Cl3N5O2/c1-26-18-17(19(30)29(21(26)31)11-14-15(23)3-2-4-16(14)24)28-10-9-27(20(28)25-18)13-7-5-12(22)6-8-13/h2-8H,9-11H2,1H3. The third kappa shape index (κ3) is 3.15. The number of rotatable bonds is 3. The van der Waals surface area contributed by atoms with E-state index in [2.05, 4.69) is 4.98 Å². The fourth-order valence-electron chi connectivity index (χ4n) is 3.92. The molecule has 0 saturated heterocycles. The highest BCUT2D eigenvalue weighted by molar-refractivity contribution is 6.36. The molecule has 0 saturated carbocycles. The largest absolute Gasteiger partial charge is 0.332 e. The summed E-state index contributed by atoms with van der Waals surface area (Å²) >= 11 is 18.5. The molecule has 10 heteroatoms. The zero-order valence-electron chi connectivity index (χ0n) is 16.3. The molecule has 158 valence electrons. The lowest BCUT2D eigenvalue weighted by molar-refractivity contribution is 0.652. The fourth-order valence-corrected chi connectivity index (χ4v) is 4.57. The molecular formula is C21H16Cl3N5O2. The number of aromatic nitrogens is 4. The lowest BCUT2D eigenvalue weighted by Crippen LogP contribution is -2.40. The van der Waals surface area contributed by atoms with Gasteiger partial charge in [0.2, 0.25) is 5.95 Å². The second-order valence-electron chi connectivity index (χ2n) is 7.30. The monoisotopic (exact) mass is 475 g/mol. The molecule has 0 bridgehead atoms. The number of aryl methyl sites for hydroxylation is 1. The number of hydrogen-bond donors (Lipinski definition) is 0. The highest BCUT2D eigenvalue weighted by atomic mass is 35.5. The second-order valence-corrected chi connectivity index (χ2v) is 8.55. The van der Waals surface area contributed by atoms with E-state index in [0.29, 0.717) is 50.8 Å². The number of fused-ring (bicyclic) bond motifs is 3. The summed E-state index contributed by atoms with van der Waals surface area (Å²) in [5.74, 6) is 0.609. The smallest absolute Gasteiger partial charge is 0.310 e. The molecule has 31 heavy (non-hydrogen) atoms. The predicted octanol–water partition coefficient (Wildman–Crippen LogP) is 4.06. The lowest BCUT2D eigenvalue weighted by Gasteiger charge is -2.15. The van der Waals surface area contributed by atoms with Crippen LogP contribution in [0.15, 0.2) is 52.1 Å². The molecule has 0 fully saturated rings. The van der Waals surface area contributed by atoms with E-state index >= 15 is 0 Å². The lowest BCUT2D eigenvalue weighted by atomic mass is 10.2. The van der Waals surface area contributed by atoms with Gasteiger partial charge in [0.15, 0.2) is 11.2 Å². The Morgan fingerprint density at radius 3 is 2.32 bits per heavy atom. The molecule has 3 heterocycles. The van der Waals surface area contributed by atoms with Gasteiger partial charge in [0.05, 0.1) is 6.54 Å². The van der Waals surface area contributed by atoms with E-state index < -0.39 is 11.2 Å². The molecule has 0 atom stereocenters. The minimum atomic E-state index is -0.483. The van der Waals surface area contributed by atoms with Gasteiger partial charge in [-0.3, -0.25) is 13.9 Å². The second kappa shape index (κ2) is 7.44. The zero-order chi connectivity index (χ0) is 21.9. The molecule has 7 nitrogen and oxygen atoms in total. The fraction of sp³-hybridized carbons (Fsp3) is 0.190. The average molecular weight is 477 g/mol. The Bertz CT molecular complexity index is 1430. The van der Waals surface area contributed by atoms with Gasteiger partial charge in [-0.25, -0.2) is 4.79 Å². The molecule has 4 aromatic rings. The molecule has 0 aliphatic carbocycles. The van der Waals surface area contributed by atoms with Crippen molar-refractivity contribution in [2.45, 2.75) is 13.1 Å². The Hall–Kier alpha value is -2.74. The maximum atomic E-state index is 13.4. The van der Waals surface area contributed by atoms with Gasteiger partial charge in [-0.15, -0.1) is 0 Å². The van der Waals surface area contributed by atoms with Crippen LogP contribution in [0.25, 0.3) is 11.2 Å². The van der Waals surface area contributed by atoms with Crippen molar-refractivity contribution in [2.24, 2.45) is 7.05 Å². The number of anilines is 2. The normalized spacial score (nSPS) is 13.2. The number of hydrogen-bond acceptors (Lipinski definition) is 4. The molecule has 2 aromatic heterocycles. The van der Waals surface area contributed by atoms with Crippen LogP contribution in [-0.2, 0) is 20.1 Å². The molecule has 2 aromatic carbocycles. The predicted molar refractivity (Wildman–Crippen MR) is 123 cm³/mol. The summed E-state index contributed by atoms with van der Waals surface area (Å²) in [6.45, 7) is 1.19. The van der Waals surface area contributed by atoms with E-state index in [1.165, 1.54) is 4.57 Å². The summed E-state index contributed by atoms with van der Waals surface area (Å²) in [5, 5.41) is 1.43. The van der Waals surface area contributed by atoms with Crippen molar-refractivity contribution in [3.05, 3.63) is 83.9 Å². The van der Waals surface area contributed by atoms with Crippen molar-refractivity contribution >= 4 is 57.6 Å². The maximum Gasteiger partial charge on any atom is 0.332 e. The quantitative estimate of drug-likeness (QED) is 0.447. The molecule has 0 radical (unpaired) electrons. The first-order valence-corrected chi connectivity index (χ1v) is 10.7. The van der Waals surface area contributed by atoms with Gasteiger partial charge in [-0.05, 0) is 36.4 Å². The van der Waals surface area contributed by atoms with Crippen LogP contribution in [-0.4, -0.2) is 25.2 Å². The van der Waals surface area contributed by atoms with Crippen LogP contribution in [0.3, 0.4) is 0 Å². The third-order valence-corrected chi connectivity index (χ3v) is 6.48. The van der Waals surface area contributed by atoms with E-state index in [-0.39, 0.29) is 6.54 Å². The van der Waals surface area contributed by atoms with Gasteiger partial charge in [0.25, 0.3) is 5.56 Å². The topological polar surface area (TPSA) is 65.1 Å². The first-order valence-electron chi connectivity index (χ1n) is 9.53. The highest BCUT2D eigenvalue weighted by Gasteiger charge is 2.29. The molecule has 0 unspecified atom stereocenters. The minimum absolute atomic E-state index is 0.0264. The van der Waals surface area contributed by atoms with Crippen molar-refractivity contribution in [1.82, 2.24) is 18.7 Å². The van der Waals surface area contributed by atoms with Crippen LogP contribution < -0.4 is 16.1 Å². The molecule has 1 aliphatic heterocycles. The summed E-state index contributed by atoms with van der Waals surface area (Å²) in [5.41, 5.74) is 1.23. The van der Waals surface area contributed by atoms with Gasteiger partial charge in [-0.2, -0.15) is 4.98 Å². The Morgan fingerprint density at radius 1 is 0.968 bits per heavy atom. The summed E-state index contributed by atoms with van der Waals surface area (Å²) < 4.78 is 4.37. The molecule has 1 aliphatic rings. The first-order chi connectivity index (χ1) is 14.9. The Morgan fingerprint density at radius 2 is 1.65 bits per heavy atom. The third-order valence-electron chi connectivity index (χ3n) is 5.52. The number of benzene rings is 2. The zero-order valence-corrected chi connectivity index (χ0v) is 18.6. The van der Waals surface area contributed by atoms with E-state index in [9.17, 15) is 9.59 Å². The number of halogens is 3. The van der Waals surface area contributed by atoms with Gasteiger partial charge in [0, 0.05) is 46.5 Å². The van der Waals surface area contributed by atoms with Gasteiger partial charge in [-0.1, -0.05) is 40.9 Å². The van der Waals surface area contributed by atoms with Gasteiger partial charge >= 0.3 is 5.69 Å². The van der Waals surface area contributed by atoms with Crippen LogP contribution in [0.5, 0.6) is 0 Å². The SMILES string of the molecule is Cn1c(=O)n(Cc2c(Cl)cccc2Cl)c(=O)c2c1nc1n2CCN1c1ccc(Cl)cc1. The van der Waals surface area contributed by atoms with E-state index in [0.717, 1.165) is 10.3 Å². The summed E-state index contributed by atoms with van der Waals surface area (Å²) in [7, 11) is 1.60. The average Bonchev–Trinajstić information content (AvgIpc) is 3.31. The van der Waals surface area contributed by atoms with E-state index in [4.69, 9.17) is 34.8 Å². The van der Waals surface area contributed by atoms with Crippen LogP contribution in [0.1, 0.15) is 5.56 Å². The number of nitrogens with zero attached hydrogens (tertiary/aromatic N) is 5. The van der Waals surface area contributed by atoms with Gasteiger partial charge < -0.3 is 9.47 Å². The van der Waals surface area contributed by atoms with Crippen molar-refractivity contribution in [1.29, 1.82) is 0 Å². The Kier molecular flexibility index (Phi) is 4.84. The molecular weight excluding hydrogens is 461 g/mol. The Labute approximate surface area is 191 Å². The molecule has 0 amide bonds. The minimum Gasteiger partial charge on any atom is -0.310 e. The summed E-state index contributed by atoms with van der Waals surface area (Å²) in [4.78, 5) is 33.0. The highest BCUT2D eigenvalue weighted by Crippen LogP contribution is 2.32. The van der Waals surface area contributed by atoms with Crippen molar-refractivity contribution < 1.29 is 0 Å². The molecule has 0 N–H and O–H groups in total.